The van der Waals surface area contributed by atoms with Gasteiger partial charge in [0.2, 0.25) is 5.43 Å². The van der Waals surface area contributed by atoms with E-state index in [0.717, 1.165) is 16.8 Å². The summed E-state index contributed by atoms with van der Waals surface area (Å²) in [4.78, 5) is 26.0. The van der Waals surface area contributed by atoms with Crippen molar-refractivity contribution in [3.05, 3.63) is 39.9 Å². The predicted octanol–water partition coefficient (Wildman–Crippen LogP) is 2.06. The molecule has 0 saturated carbocycles. The molecule has 2 aliphatic heterocycles. The number of hydrogen-bond acceptors (Lipinski definition) is 5. The fourth-order valence-electron chi connectivity index (χ4n) is 4.34. The Morgan fingerprint density at radius 1 is 1.35 bits per heavy atom. The molecule has 2 unspecified atom stereocenters. The van der Waals surface area contributed by atoms with Gasteiger partial charge < -0.3 is 24.6 Å². The number of ether oxygens (including phenoxy) is 1. The normalized spacial score (nSPS) is 21.9. The van der Waals surface area contributed by atoms with Crippen molar-refractivity contribution in [2.75, 3.05) is 44.5 Å². The third-order valence-corrected chi connectivity index (χ3v) is 6.19. The molecule has 0 radical (unpaired) electrons. The number of piperidine rings is 1. The number of carbonyl (C=O) groups is 1. The third-order valence-electron chi connectivity index (χ3n) is 6.19. The van der Waals surface area contributed by atoms with Crippen molar-refractivity contribution < 1.29 is 27.8 Å². The van der Waals surface area contributed by atoms with E-state index in [9.17, 15) is 23.5 Å². The number of morpholine rings is 1. The summed E-state index contributed by atoms with van der Waals surface area (Å²) in [5.74, 6) is -2.24. The molecule has 10 heteroatoms. The maximum atomic E-state index is 15.1. The fraction of sp³-hybridized carbons (Fsp3) is 0.524. The first-order valence-corrected chi connectivity index (χ1v) is 10.1. The molecule has 2 N–H and O–H groups in total. The highest BCUT2D eigenvalue weighted by atomic mass is 19.1. The van der Waals surface area contributed by atoms with Gasteiger partial charge in [-0.05, 0) is 25.5 Å². The van der Waals surface area contributed by atoms with Crippen molar-refractivity contribution in [3.63, 3.8) is 0 Å². The number of carboxylic acids is 1. The minimum atomic E-state index is -1.74. The summed E-state index contributed by atoms with van der Waals surface area (Å²) >= 11 is 0. The standard InChI is InChI=1S/C21H24F3N3O4/c1-21(10-22,11-23)27-8-13(20(29)30)19(28)12-6-14(24)17(7-16(12)27)26-4-2-18-15(9-26)25-3-5-31-18/h6-8,15,18,25H,2-5,9-11H2,1H3,(H,29,30). The van der Waals surface area contributed by atoms with Crippen molar-refractivity contribution in [1.29, 1.82) is 0 Å². The van der Waals surface area contributed by atoms with E-state index >= 15 is 4.39 Å². The summed E-state index contributed by atoms with van der Waals surface area (Å²) in [5, 5.41) is 12.5. The number of nitrogens with one attached hydrogen (secondary N) is 1. The minimum Gasteiger partial charge on any atom is -0.477 e. The van der Waals surface area contributed by atoms with E-state index in [2.05, 4.69) is 5.32 Å². The molecule has 4 rings (SSSR count). The van der Waals surface area contributed by atoms with Crippen LogP contribution < -0.4 is 15.6 Å². The monoisotopic (exact) mass is 439 g/mol. The molecule has 2 saturated heterocycles. The first-order chi connectivity index (χ1) is 14.8. The molecule has 31 heavy (non-hydrogen) atoms. The van der Waals surface area contributed by atoms with E-state index in [1.165, 1.54) is 13.0 Å². The number of nitrogens with zero attached hydrogens (tertiary/aromatic N) is 2. The van der Waals surface area contributed by atoms with Gasteiger partial charge in [-0.1, -0.05) is 0 Å². The smallest absolute Gasteiger partial charge is 0.341 e. The molecule has 0 spiro atoms. The largest absolute Gasteiger partial charge is 0.477 e. The second-order valence-electron chi connectivity index (χ2n) is 8.34. The van der Waals surface area contributed by atoms with Crippen LogP contribution in [0.4, 0.5) is 18.9 Å². The molecule has 2 aromatic rings. The van der Waals surface area contributed by atoms with E-state index in [1.807, 2.05) is 0 Å². The van der Waals surface area contributed by atoms with Crippen molar-refractivity contribution in [2.24, 2.45) is 0 Å². The van der Waals surface area contributed by atoms with Gasteiger partial charge in [-0.25, -0.2) is 18.0 Å². The molecule has 2 aliphatic rings. The lowest BCUT2D eigenvalue weighted by Gasteiger charge is -2.42. The number of alkyl halides is 2. The maximum Gasteiger partial charge on any atom is 0.341 e. The number of halogens is 3. The Kier molecular flexibility index (Phi) is 5.69. The average Bonchev–Trinajstić information content (AvgIpc) is 2.78. The van der Waals surface area contributed by atoms with Crippen LogP contribution in [0.2, 0.25) is 0 Å². The Bertz CT molecular complexity index is 1070. The first kappa shape index (κ1) is 21.6. The maximum absolute atomic E-state index is 15.1. The van der Waals surface area contributed by atoms with Gasteiger partial charge >= 0.3 is 5.97 Å². The summed E-state index contributed by atoms with van der Waals surface area (Å²) in [7, 11) is 0. The Morgan fingerprint density at radius 3 is 2.77 bits per heavy atom. The zero-order valence-corrected chi connectivity index (χ0v) is 17.0. The highest BCUT2D eigenvalue weighted by molar-refractivity contribution is 5.93. The van der Waals surface area contributed by atoms with E-state index in [1.54, 1.807) is 4.90 Å². The van der Waals surface area contributed by atoms with Crippen LogP contribution in [-0.4, -0.2) is 67.4 Å². The SMILES string of the molecule is CC(CF)(CF)n1cc(C(=O)O)c(=O)c2cc(F)c(N3CCC4OCCNC4C3)cc21. The number of pyridine rings is 1. The van der Waals surface area contributed by atoms with Gasteiger partial charge in [0.1, 0.15) is 24.7 Å². The lowest BCUT2D eigenvalue weighted by atomic mass is 9.99. The second kappa shape index (κ2) is 8.16. The molecular weight excluding hydrogens is 415 g/mol. The van der Waals surface area contributed by atoms with Gasteiger partial charge in [0.15, 0.2) is 0 Å². The first-order valence-electron chi connectivity index (χ1n) is 10.1. The highest BCUT2D eigenvalue weighted by Gasteiger charge is 2.34. The van der Waals surface area contributed by atoms with Crippen molar-refractivity contribution in [1.82, 2.24) is 9.88 Å². The highest BCUT2D eigenvalue weighted by Crippen LogP contribution is 2.31. The van der Waals surface area contributed by atoms with Crippen LogP contribution >= 0.6 is 0 Å². The van der Waals surface area contributed by atoms with E-state index < -0.39 is 41.7 Å². The number of aromatic nitrogens is 1. The van der Waals surface area contributed by atoms with Crippen LogP contribution in [0.5, 0.6) is 0 Å². The summed E-state index contributed by atoms with van der Waals surface area (Å²) in [6.07, 6.45) is 1.65. The molecule has 0 bridgehead atoms. The quantitative estimate of drug-likeness (QED) is 0.742. The Balaban J connectivity index is 1.88. The Hall–Kier alpha value is -2.59. The van der Waals surface area contributed by atoms with Crippen LogP contribution in [0.3, 0.4) is 0 Å². The number of anilines is 1. The van der Waals surface area contributed by atoms with Crippen molar-refractivity contribution in [3.8, 4) is 0 Å². The summed E-state index contributed by atoms with van der Waals surface area (Å²) in [5.41, 5.74) is -3.03. The van der Waals surface area contributed by atoms with Gasteiger partial charge in [-0.15, -0.1) is 0 Å². The van der Waals surface area contributed by atoms with Crippen LogP contribution in [-0.2, 0) is 10.3 Å². The lowest BCUT2D eigenvalue weighted by Crippen LogP contribution is -2.58. The second-order valence-corrected chi connectivity index (χ2v) is 8.34. The summed E-state index contributed by atoms with van der Waals surface area (Å²) in [6, 6.07) is 2.35. The Labute approximate surface area is 176 Å². The number of aromatic carboxylic acids is 1. The summed E-state index contributed by atoms with van der Waals surface area (Å²) < 4.78 is 49.6. The number of benzene rings is 1. The van der Waals surface area contributed by atoms with Crippen LogP contribution in [0.25, 0.3) is 10.9 Å². The zero-order valence-electron chi connectivity index (χ0n) is 17.0. The summed E-state index contributed by atoms with van der Waals surface area (Å²) in [6.45, 7) is 1.29. The molecule has 1 aromatic carbocycles. The van der Waals surface area contributed by atoms with Gasteiger partial charge in [0.05, 0.1) is 35.5 Å². The van der Waals surface area contributed by atoms with Crippen molar-refractivity contribution in [2.45, 2.75) is 31.0 Å². The zero-order chi connectivity index (χ0) is 22.3. The van der Waals surface area contributed by atoms with Crippen molar-refractivity contribution >= 4 is 22.6 Å². The number of fused-ring (bicyclic) bond motifs is 2. The van der Waals surface area contributed by atoms with Crippen LogP contribution in [0.1, 0.15) is 23.7 Å². The third kappa shape index (κ3) is 3.67. The van der Waals surface area contributed by atoms with Gasteiger partial charge in [0, 0.05) is 31.2 Å². The predicted molar refractivity (Wildman–Crippen MR) is 109 cm³/mol. The molecule has 0 amide bonds. The molecular formula is C21H24F3N3O4. The van der Waals surface area contributed by atoms with Gasteiger partial charge in [-0.2, -0.15) is 0 Å². The van der Waals surface area contributed by atoms with E-state index in [4.69, 9.17) is 4.74 Å². The average molecular weight is 439 g/mol. The number of carboxylic acid groups (broad SMARTS) is 1. The molecule has 2 fully saturated rings. The minimum absolute atomic E-state index is 0.0103. The van der Waals surface area contributed by atoms with E-state index in [-0.39, 0.29) is 28.7 Å². The van der Waals surface area contributed by atoms with E-state index in [0.29, 0.717) is 32.7 Å². The molecule has 7 nitrogen and oxygen atoms in total. The molecule has 0 aliphatic carbocycles. The lowest BCUT2D eigenvalue weighted by molar-refractivity contribution is -0.0135. The number of hydrogen-bond donors (Lipinski definition) is 2. The molecule has 3 heterocycles. The number of rotatable bonds is 5. The topological polar surface area (TPSA) is 83.8 Å². The molecule has 1 aromatic heterocycles. The van der Waals surface area contributed by atoms with Gasteiger partial charge in [-0.3, -0.25) is 4.79 Å². The molecule has 2 atom stereocenters. The fourth-order valence-corrected chi connectivity index (χ4v) is 4.34. The van der Waals surface area contributed by atoms with Crippen LogP contribution in [0, 0.1) is 5.82 Å². The van der Waals surface area contributed by atoms with Crippen LogP contribution in [0.15, 0.2) is 23.1 Å². The van der Waals surface area contributed by atoms with Gasteiger partial charge in [0.25, 0.3) is 0 Å². The Morgan fingerprint density at radius 2 is 2.10 bits per heavy atom. The molecule has 168 valence electrons.